The molecule has 2 N–H and O–H groups in total. The summed E-state index contributed by atoms with van der Waals surface area (Å²) in [6, 6.07) is 17.4. The zero-order chi connectivity index (χ0) is 22.7. The molecule has 0 aliphatic carbocycles. The second kappa shape index (κ2) is 8.93. The number of pyridine rings is 1. The summed E-state index contributed by atoms with van der Waals surface area (Å²) in [5, 5.41) is 21.2. The molecule has 3 aromatic rings. The van der Waals surface area contributed by atoms with Crippen LogP contribution in [0.15, 0.2) is 78.5 Å². The zero-order valence-corrected chi connectivity index (χ0v) is 17.4. The van der Waals surface area contributed by atoms with Crippen molar-refractivity contribution in [3.8, 4) is 11.5 Å². The van der Waals surface area contributed by atoms with Crippen molar-refractivity contribution < 1.29 is 24.5 Å². The van der Waals surface area contributed by atoms with E-state index in [9.17, 15) is 19.8 Å². The molecule has 0 spiro atoms. The van der Waals surface area contributed by atoms with Crippen molar-refractivity contribution in [1.29, 1.82) is 0 Å². The van der Waals surface area contributed by atoms with Crippen LogP contribution in [0.4, 0.5) is 0 Å². The van der Waals surface area contributed by atoms with Crippen LogP contribution in [0.25, 0.3) is 5.76 Å². The minimum Gasteiger partial charge on any atom is -0.508 e. The number of aromatic hydroxyl groups is 1. The van der Waals surface area contributed by atoms with E-state index in [-0.39, 0.29) is 23.6 Å². The number of aliphatic hydroxyl groups is 1. The number of ether oxygens (including phenoxy) is 1. The first-order valence-electron chi connectivity index (χ1n) is 10.2. The van der Waals surface area contributed by atoms with Gasteiger partial charge in [-0.25, -0.2) is 0 Å². The lowest BCUT2D eigenvalue weighted by Gasteiger charge is -2.25. The van der Waals surface area contributed by atoms with E-state index in [4.69, 9.17) is 4.74 Å². The number of carbonyl (C=O) groups excluding carboxylic acids is 2. The number of carbonyl (C=O) groups is 2. The van der Waals surface area contributed by atoms with E-state index in [1.54, 1.807) is 60.8 Å². The van der Waals surface area contributed by atoms with E-state index < -0.39 is 17.7 Å². The minimum absolute atomic E-state index is 0.00994. The van der Waals surface area contributed by atoms with Crippen molar-refractivity contribution in [3.05, 3.63) is 95.3 Å². The Hall–Kier alpha value is -4.13. The number of nitrogens with zero attached hydrogens (tertiary/aromatic N) is 2. The molecule has 32 heavy (non-hydrogen) atoms. The second-order valence-corrected chi connectivity index (χ2v) is 7.30. The maximum atomic E-state index is 13.1. The maximum Gasteiger partial charge on any atom is 0.296 e. The van der Waals surface area contributed by atoms with Crippen LogP contribution < -0.4 is 4.74 Å². The second-order valence-electron chi connectivity index (χ2n) is 7.30. The fourth-order valence-corrected chi connectivity index (χ4v) is 3.81. The summed E-state index contributed by atoms with van der Waals surface area (Å²) in [4.78, 5) is 31.7. The molecule has 0 radical (unpaired) electrons. The number of benzene rings is 2. The molecule has 7 nitrogen and oxygen atoms in total. The number of aliphatic hydroxyl groups excluding tert-OH is 1. The predicted molar refractivity (Wildman–Crippen MR) is 118 cm³/mol. The Bertz CT molecular complexity index is 1190. The third-order valence-electron chi connectivity index (χ3n) is 5.20. The molecule has 7 heteroatoms. The molecule has 0 bridgehead atoms. The largest absolute Gasteiger partial charge is 0.508 e. The van der Waals surface area contributed by atoms with Crippen LogP contribution >= 0.6 is 0 Å². The van der Waals surface area contributed by atoms with Gasteiger partial charge in [-0.2, -0.15) is 0 Å². The summed E-state index contributed by atoms with van der Waals surface area (Å²) in [5.74, 6) is -1.32. The smallest absolute Gasteiger partial charge is 0.296 e. The molecule has 2 aromatic carbocycles. The first kappa shape index (κ1) is 21.1. The van der Waals surface area contributed by atoms with Gasteiger partial charge in [-0.3, -0.25) is 14.6 Å². The van der Waals surface area contributed by atoms with Crippen molar-refractivity contribution >= 4 is 17.4 Å². The molecular weight excluding hydrogens is 408 g/mol. The molecule has 1 aliphatic heterocycles. The topological polar surface area (TPSA) is 100.0 Å². The van der Waals surface area contributed by atoms with Crippen LogP contribution in [0.3, 0.4) is 0 Å². The number of phenolic OH excluding ortho intramolecular Hbond substituents is 1. The summed E-state index contributed by atoms with van der Waals surface area (Å²) < 4.78 is 5.50. The standard InChI is InChI=1S/C25H22N2O5/c1-2-32-20-11-6-8-17(14-20)23(29)21-22(16-7-5-10-19(28)13-16)27(25(31)24(21)30)15-18-9-3-4-12-26-18/h3-14,22,28-29H,2,15H2,1H3/b23-21-. The molecule has 162 valence electrons. The normalized spacial score (nSPS) is 17.5. The molecule has 1 aliphatic rings. The third kappa shape index (κ3) is 4.05. The monoisotopic (exact) mass is 430 g/mol. The van der Waals surface area contributed by atoms with E-state index in [0.717, 1.165) is 0 Å². The van der Waals surface area contributed by atoms with Gasteiger partial charge in [-0.15, -0.1) is 0 Å². The number of hydrogen-bond donors (Lipinski definition) is 2. The van der Waals surface area contributed by atoms with Crippen LogP contribution in [0.5, 0.6) is 11.5 Å². The molecule has 1 aromatic heterocycles. The molecule has 4 rings (SSSR count). The highest BCUT2D eigenvalue weighted by molar-refractivity contribution is 6.46. The summed E-state index contributed by atoms with van der Waals surface area (Å²) in [6.07, 6.45) is 1.61. The van der Waals surface area contributed by atoms with Crippen molar-refractivity contribution in [2.75, 3.05) is 6.61 Å². The quantitative estimate of drug-likeness (QED) is 0.350. The maximum absolute atomic E-state index is 13.1. The number of amides is 1. The number of phenols is 1. The SMILES string of the molecule is CCOc1cccc(/C(O)=C2/C(=O)C(=O)N(Cc3ccccn3)C2c2cccc(O)c2)c1. The van der Waals surface area contributed by atoms with Gasteiger partial charge in [0.15, 0.2) is 0 Å². The van der Waals surface area contributed by atoms with Crippen molar-refractivity contribution in [1.82, 2.24) is 9.88 Å². The Labute approximate surface area is 185 Å². The number of aromatic nitrogens is 1. The van der Waals surface area contributed by atoms with Crippen molar-refractivity contribution in [3.63, 3.8) is 0 Å². The van der Waals surface area contributed by atoms with E-state index in [1.807, 2.05) is 6.92 Å². The van der Waals surface area contributed by atoms with Crippen LogP contribution in [-0.2, 0) is 16.1 Å². The molecular formula is C25H22N2O5. The average molecular weight is 430 g/mol. The lowest BCUT2D eigenvalue weighted by molar-refractivity contribution is -0.140. The highest BCUT2D eigenvalue weighted by Crippen LogP contribution is 2.41. The van der Waals surface area contributed by atoms with Crippen LogP contribution in [-0.4, -0.2) is 38.4 Å². The Morgan fingerprint density at radius 1 is 1.06 bits per heavy atom. The van der Waals surface area contributed by atoms with E-state index in [0.29, 0.717) is 29.2 Å². The van der Waals surface area contributed by atoms with Gasteiger partial charge >= 0.3 is 0 Å². The van der Waals surface area contributed by atoms with E-state index in [2.05, 4.69) is 4.98 Å². The van der Waals surface area contributed by atoms with Gasteiger partial charge in [0.2, 0.25) is 0 Å². The number of likely N-dealkylation sites (tertiary alicyclic amines) is 1. The third-order valence-corrected chi connectivity index (χ3v) is 5.20. The summed E-state index contributed by atoms with van der Waals surface area (Å²) in [6.45, 7) is 2.36. The Balaban J connectivity index is 1.85. The molecule has 1 fully saturated rings. The fourth-order valence-electron chi connectivity index (χ4n) is 3.81. The Morgan fingerprint density at radius 2 is 1.88 bits per heavy atom. The summed E-state index contributed by atoms with van der Waals surface area (Å²) in [7, 11) is 0. The van der Waals surface area contributed by atoms with Gasteiger partial charge in [0.1, 0.15) is 17.3 Å². The number of hydrogen-bond acceptors (Lipinski definition) is 6. The minimum atomic E-state index is -0.889. The van der Waals surface area contributed by atoms with E-state index in [1.165, 1.54) is 17.0 Å². The van der Waals surface area contributed by atoms with Gasteiger partial charge in [0.05, 0.1) is 30.5 Å². The lowest BCUT2D eigenvalue weighted by Crippen LogP contribution is -2.29. The van der Waals surface area contributed by atoms with Crippen molar-refractivity contribution in [2.24, 2.45) is 0 Å². The van der Waals surface area contributed by atoms with Gasteiger partial charge in [-0.1, -0.05) is 30.3 Å². The van der Waals surface area contributed by atoms with E-state index >= 15 is 0 Å². The molecule has 1 saturated heterocycles. The summed E-state index contributed by atoms with van der Waals surface area (Å²) in [5.41, 5.74) is 1.41. The van der Waals surface area contributed by atoms with Crippen LogP contribution in [0.2, 0.25) is 0 Å². The molecule has 1 unspecified atom stereocenters. The predicted octanol–water partition coefficient (Wildman–Crippen LogP) is 3.81. The van der Waals surface area contributed by atoms with Gasteiger partial charge in [-0.05, 0) is 48.9 Å². The molecule has 1 atom stereocenters. The van der Waals surface area contributed by atoms with Gasteiger partial charge < -0.3 is 19.8 Å². The van der Waals surface area contributed by atoms with Crippen LogP contribution in [0, 0.1) is 0 Å². The number of Topliss-reactive ketones (excluding diaryl/α,β-unsaturated/α-hetero) is 1. The zero-order valence-electron chi connectivity index (χ0n) is 17.4. The first-order valence-corrected chi connectivity index (χ1v) is 10.2. The van der Waals surface area contributed by atoms with Gasteiger partial charge in [0, 0.05) is 11.8 Å². The highest BCUT2D eigenvalue weighted by Gasteiger charge is 2.46. The average Bonchev–Trinajstić information content (AvgIpc) is 3.05. The molecule has 2 heterocycles. The Morgan fingerprint density at radius 3 is 2.59 bits per heavy atom. The lowest BCUT2D eigenvalue weighted by atomic mass is 9.95. The van der Waals surface area contributed by atoms with Gasteiger partial charge in [0.25, 0.3) is 11.7 Å². The van der Waals surface area contributed by atoms with Crippen molar-refractivity contribution in [2.45, 2.75) is 19.5 Å². The number of ketones is 1. The first-order chi connectivity index (χ1) is 15.5. The highest BCUT2D eigenvalue weighted by atomic mass is 16.5. The summed E-state index contributed by atoms with van der Waals surface area (Å²) >= 11 is 0. The molecule has 1 amide bonds. The fraction of sp³-hybridized carbons (Fsp3) is 0.160. The Kier molecular flexibility index (Phi) is 5.89. The van der Waals surface area contributed by atoms with Crippen LogP contribution in [0.1, 0.15) is 29.8 Å². The number of rotatable bonds is 6. The molecule has 0 saturated carbocycles.